The van der Waals surface area contributed by atoms with Crippen LogP contribution in [0.4, 0.5) is 5.69 Å². The lowest BCUT2D eigenvalue weighted by molar-refractivity contribution is 0.183. The number of anilines is 1. The molecular weight excluding hydrogens is 296 g/mol. The highest BCUT2D eigenvalue weighted by atomic mass is 32.2. The molecule has 2 aromatic rings. The van der Waals surface area contributed by atoms with E-state index in [9.17, 15) is 8.42 Å². The number of sulfonamides is 1. The molecule has 0 saturated carbocycles. The van der Waals surface area contributed by atoms with Crippen molar-refractivity contribution in [2.75, 3.05) is 25.5 Å². The number of hydrogen-bond acceptors (Lipinski definition) is 6. The molecule has 2 rings (SSSR count). The Balaban J connectivity index is 2.13. The predicted molar refractivity (Wildman–Crippen MR) is 76.3 cm³/mol. The van der Waals surface area contributed by atoms with Gasteiger partial charge in [0.1, 0.15) is 0 Å². The van der Waals surface area contributed by atoms with Gasteiger partial charge in [-0.15, -0.1) is 0 Å². The lowest BCUT2D eigenvalue weighted by atomic mass is 10.4. The Morgan fingerprint density at radius 3 is 2.95 bits per heavy atom. The Morgan fingerprint density at radius 1 is 1.43 bits per heavy atom. The number of methoxy groups -OCH3 is 1. The monoisotopic (exact) mass is 314 g/mol. The summed E-state index contributed by atoms with van der Waals surface area (Å²) in [6.07, 6.45) is 4.53. The second-order valence-corrected chi connectivity index (χ2v) is 5.96. The van der Waals surface area contributed by atoms with Gasteiger partial charge in [-0.2, -0.15) is 18.6 Å². The molecule has 0 aliphatic carbocycles. The molecule has 0 aromatic carbocycles. The molecule has 10 heteroatoms. The molecule has 0 atom stereocenters. The molecule has 0 saturated heterocycles. The van der Waals surface area contributed by atoms with Crippen LogP contribution in [-0.4, -0.2) is 49.2 Å². The van der Waals surface area contributed by atoms with E-state index in [2.05, 4.69) is 25.3 Å². The Labute approximate surface area is 122 Å². The minimum atomic E-state index is -3.72. The standard InChI is InChI=1S/C11H18N6O3S/c1-12-5-9-6-13-15-11(9)21(18,19)16-10-7-14-17(8-10)3-4-20-2/h6-8,12,16H,3-5H2,1-2H3,(H,13,15). The zero-order valence-electron chi connectivity index (χ0n) is 11.8. The average molecular weight is 314 g/mol. The van der Waals surface area contributed by atoms with E-state index in [-0.39, 0.29) is 5.03 Å². The van der Waals surface area contributed by atoms with Gasteiger partial charge in [0.25, 0.3) is 10.0 Å². The minimum Gasteiger partial charge on any atom is -0.383 e. The molecule has 3 N–H and O–H groups in total. The van der Waals surface area contributed by atoms with Gasteiger partial charge in [-0.05, 0) is 7.05 Å². The van der Waals surface area contributed by atoms with Gasteiger partial charge in [0, 0.05) is 25.4 Å². The summed E-state index contributed by atoms with van der Waals surface area (Å²) in [7, 11) is -0.398. The van der Waals surface area contributed by atoms with Crippen LogP contribution in [0, 0.1) is 0 Å². The number of nitrogens with one attached hydrogen (secondary N) is 3. The zero-order valence-corrected chi connectivity index (χ0v) is 12.6. The van der Waals surface area contributed by atoms with Gasteiger partial charge < -0.3 is 10.1 Å². The Hall–Kier alpha value is -1.91. The quantitative estimate of drug-likeness (QED) is 0.620. The summed E-state index contributed by atoms with van der Waals surface area (Å²) in [4.78, 5) is 0. The van der Waals surface area contributed by atoms with Crippen LogP contribution >= 0.6 is 0 Å². The van der Waals surface area contributed by atoms with Gasteiger partial charge in [0.15, 0.2) is 5.03 Å². The normalized spacial score (nSPS) is 11.7. The highest BCUT2D eigenvalue weighted by Crippen LogP contribution is 2.16. The topological polar surface area (TPSA) is 114 Å². The van der Waals surface area contributed by atoms with E-state index in [0.717, 1.165) is 0 Å². The molecule has 21 heavy (non-hydrogen) atoms. The summed E-state index contributed by atoms with van der Waals surface area (Å²) in [5.74, 6) is 0. The van der Waals surface area contributed by atoms with Crippen molar-refractivity contribution in [3.8, 4) is 0 Å². The van der Waals surface area contributed by atoms with Gasteiger partial charge in [0.05, 0.1) is 31.2 Å². The van der Waals surface area contributed by atoms with Crippen LogP contribution < -0.4 is 10.0 Å². The first kappa shape index (κ1) is 15.5. The summed E-state index contributed by atoms with van der Waals surface area (Å²) >= 11 is 0. The van der Waals surface area contributed by atoms with Gasteiger partial charge in [-0.3, -0.25) is 14.5 Å². The van der Waals surface area contributed by atoms with Crippen LogP contribution in [0.15, 0.2) is 23.6 Å². The lowest BCUT2D eigenvalue weighted by Crippen LogP contribution is -2.17. The van der Waals surface area contributed by atoms with Crippen LogP contribution in [0.5, 0.6) is 0 Å². The van der Waals surface area contributed by atoms with Crippen LogP contribution in [0.2, 0.25) is 0 Å². The summed E-state index contributed by atoms with van der Waals surface area (Å²) in [5, 5.41) is 13.3. The Bertz CT molecular complexity index is 678. The zero-order chi connectivity index (χ0) is 15.3. The molecule has 0 fully saturated rings. The van der Waals surface area contributed by atoms with Crippen molar-refractivity contribution >= 4 is 15.7 Å². The summed E-state index contributed by atoms with van der Waals surface area (Å²) in [6, 6.07) is 0. The second-order valence-electron chi connectivity index (χ2n) is 4.35. The third-order valence-electron chi connectivity index (χ3n) is 2.72. The van der Waals surface area contributed by atoms with Gasteiger partial charge >= 0.3 is 0 Å². The van der Waals surface area contributed by atoms with Gasteiger partial charge in [0.2, 0.25) is 0 Å². The van der Waals surface area contributed by atoms with Crippen molar-refractivity contribution < 1.29 is 13.2 Å². The summed E-state index contributed by atoms with van der Waals surface area (Å²) < 4.78 is 33.6. The van der Waals surface area contributed by atoms with E-state index in [1.807, 2.05) is 0 Å². The third-order valence-corrected chi connectivity index (χ3v) is 4.12. The highest BCUT2D eigenvalue weighted by Gasteiger charge is 2.21. The summed E-state index contributed by atoms with van der Waals surface area (Å²) in [6.45, 7) is 1.45. The molecule has 2 aromatic heterocycles. The van der Waals surface area contributed by atoms with Crippen LogP contribution in [0.25, 0.3) is 0 Å². The predicted octanol–water partition coefficient (Wildman–Crippen LogP) is -0.227. The maximum absolute atomic E-state index is 12.3. The van der Waals surface area contributed by atoms with Crippen LogP contribution in [0.3, 0.4) is 0 Å². The number of hydrogen-bond donors (Lipinski definition) is 3. The van der Waals surface area contributed by atoms with Gasteiger partial charge in [-0.1, -0.05) is 0 Å². The maximum Gasteiger partial charge on any atom is 0.279 e. The number of rotatable bonds is 8. The molecule has 0 radical (unpaired) electrons. The molecule has 0 bridgehead atoms. The van der Waals surface area contributed by atoms with Crippen molar-refractivity contribution in [3.63, 3.8) is 0 Å². The highest BCUT2D eigenvalue weighted by molar-refractivity contribution is 7.92. The minimum absolute atomic E-state index is 0.0430. The number of aromatic amines is 1. The molecule has 116 valence electrons. The smallest absolute Gasteiger partial charge is 0.279 e. The van der Waals surface area contributed by atoms with E-state index in [1.54, 1.807) is 25.0 Å². The average Bonchev–Trinajstić information content (AvgIpc) is 3.06. The van der Waals surface area contributed by atoms with E-state index in [1.165, 1.54) is 12.4 Å². The summed E-state index contributed by atoms with van der Waals surface area (Å²) in [5.41, 5.74) is 0.952. The molecular formula is C11H18N6O3S. The Morgan fingerprint density at radius 2 is 2.24 bits per heavy atom. The van der Waals surface area contributed by atoms with Crippen LogP contribution in [0.1, 0.15) is 5.56 Å². The number of ether oxygens (including phenoxy) is 1. The first-order chi connectivity index (χ1) is 10.1. The van der Waals surface area contributed by atoms with E-state index >= 15 is 0 Å². The molecule has 0 aliphatic rings. The number of aromatic nitrogens is 4. The van der Waals surface area contributed by atoms with Crippen molar-refractivity contribution in [1.82, 2.24) is 25.3 Å². The molecule has 0 amide bonds. The fourth-order valence-corrected chi connectivity index (χ4v) is 2.94. The van der Waals surface area contributed by atoms with Crippen molar-refractivity contribution in [2.24, 2.45) is 0 Å². The fourth-order valence-electron chi connectivity index (χ4n) is 1.78. The van der Waals surface area contributed by atoms with Crippen molar-refractivity contribution in [3.05, 3.63) is 24.2 Å². The SMILES string of the molecule is CNCc1cn[nH]c1S(=O)(=O)Nc1cnn(CCOC)c1. The maximum atomic E-state index is 12.3. The first-order valence-corrected chi connectivity index (χ1v) is 7.76. The van der Waals surface area contributed by atoms with Crippen molar-refractivity contribution in [2.45, 2.75) is 18.1 Å². The number of nitrogens with zero attached hydrogens (tertiary/aromatic N) is 3. The largest absolute Gasteiger partial charge is 0.383 e. The van der Waals surface area contributed by atoms with E-state index in [0.29, 0.717) is 30.9 Å². The Kier molecular flexibility index (Phi) is 4.94. The molecule has 2 heterocycles. The first-order valence-electron chi connectivity index (χ1n) is 6.28. The van der Waals surface area contributed by atoms with E-state index < -0.39 is 10.0 Å². The molecule has 0 spiro atoms. The second kappa shape index (κ2) is 6.70. The number of H-pyrrole nitrogens is 1. The molecule has 9 nitrogen and oxygen atoms in total. The molecule has 0 unspecified atom stereocenters. The molecule has 0 aliphatic heterocycles. The third kappa shape index (κ3) is 3.80. The van der Waals surface area contributed by atoms with Gasteiger partial charge in [-0.25, -0.2) is 0 Å². The van der Waals surface area contributed by atoms with Crippen LogP contribution in [-0.2, 0) is 27.8 Å². The lowest BCUT2D eigenvalue weighted by Gasteiger charge is -2.06. The van der Waals surface area contributed by atoms with E-state index in [4.69, 9.17) is 4.74 Å². The van der Waals surface area contributed by atoms with Crippen molar-refractivity contribution in [1.29, 1.82) is 0 Å². The fraction of sp³-hybridized carbons (Fsp3) is 0.455.